The van der Waals surface area contributed by atoms with Crippen LogP contribution in [-0.2, 0) is 4.79 Å². The van der Waals surface area contributed by atoms with Gasteiger partial charge in [-0.15, -0.1) is 0 Å². The molecule has 0 aromatic rings. The zero-order valence-corrected chi connectivity index (χ0v) is 12.3. The average Bonchev–Trinajstić information content (AvgIpc) is 2.95. The molecule has 2 saturated heterocycles. The van der Waals surface area contributed by atoms with Gasteiger partial charge < -0.3 is 10.6 Å². The molecule has 0 bridgehead atoms. The Morgan fingerprint density at radius 2 is 2.05 bits per heavy atom. The number of nitrogens with zero attached hydrogens (tertiary/aromatic N) is 2. The SMILES string of the molecule is CC1CN2CCCC2CN1C(=O)C1(C)CCCC1N. The molecule has 4 unspecified atom stereocenters. The maximum Gasteiger partial charge on any atom is 0.230 e. The first kappa shape index (κ1) is 13.4. The van der Waals surface area contributed by atoms with E-state index in [2.05, 4.69) is 23.6 Å². The highest BCUT2D eigenvalue weighted by Crippen LogP contribution is 2.39. The first-order chi connectivity index (χ1) is 9.02. The number of carbonyl (C=O) groups excluding carboxylic acids is 1. The third kappa shape index (κ3) is 2.09. The molecule has 1 aliphatic carbocycles. The maximum atomic E-state index is 13.0. The largest absolute Gasteiger partial charge is 0.337 e. The van der Waals surface area contributed by atoms with E-state index < -0.39 is 0 Å². The Bertz CT molecular complexity index is 372. The lowest BCUT2D eigenvalue weighted by Crippen LogP contribution is -2.61. The van der Waals surface area contributed by atoms with Gasteiger partial charge in [0.15, 0.2) is 0 Å². The van der Waals surface area contributed by atoms with E-state index in [9.17, 15) is 4.79 Å². The smallest absolute Gasteiger partial charge is 0.230 e. The van der Waals surface area contributed by atoms with Crippen molar-refractivity contribution < 1.29 is 4.79 Å². The van der Waals surface area contributed by atoms with Gasteiger partial charge >= 0.3 is 0 Å². The summed E-state index contributed by atoms with van der Waals surface area (Å²) < 4.78 is 0. The molecule has 2 N–H and O–H groups in total. The van der Waals surface area contributed by atoms with Gasteiger partial charge in [-0.2, -0.15) is 0 Å². The van der Waals surface area contributed by atoms with Gasteiger partial charge in [-0.1, -0.05) is 6.42 Å². The summed E-state index contributed by atoms with van der Waals surface area (Å²) in [4.78, 5) is 17.7. The van der Waals surface area contributed by atoms with Gasteiger partial charge in [0.25, 0.3) is 0 Å². The lowest BCUT2D eigenvalue weighted by molar-refractivity contribution is -0.147. The first-order valence-corrected chi connectivity index (χ1v) is 7.83. The zero-order chi connectivity index (χ0) is 13.6. The summed E-state index contributed by atoms with van der Waals surface area (Å²) in [5.74, 6) is 0.316. The molecule has 19 heavy (non-hydrogen) atoms. The fraction of sp³-hybridized carbons (Fsp3) is 0.933. The molecule has 0 aromatic heterocycles. The van der Waals surface area contributed by atoms with Crippen LogP contribution in [0.1, 0.15) is 46.0 Å². The average molecular weight is 265 g/mol. The predicted octanol–water partition coefficient (Wildman–Crippen LogP) is 1.20. The van der Waals surface area contributed by atoms with Crippen LogP contribution in [0.4, 0.5) is 0 Å². The highest BCUT2D eigenvalue weighted by atomic mass is 16.2. The quantitative estimate of drug-likeness (QED) is 0.775. The minimum Gasteiger partial charge on any atom is -0.337 e. The van der Waals surface area contributed by atoms with Crippen LogP contribution in [0.5, 0.6) is 0 Å². The van der Waals surface area contributed by atoms with Crippen LogP contribution in [0.15, 0.2) is 0 Å². The van der Waals surface area contributed by atoms with Gasteiger partial charge in [0, 0.05) is 31.2 Å². The summed E-state index contributed by atoms with van der Waals surface area (Å²) in [6.07, 6.45) is 5.60. The van der Waals surface area contributed by atoms with Gasteiger partial charge in [-0.3, -0.25) is 9.69 Å². The van der Waals surface area contributed by atoms with Crippen molar-refractivity contribution in [2.45, 2.75) is 64.1 Å². The van der Waals surface area contributed by atoms with Crippen LogP contribution in [0, 0.1) is 5.41 Å². The molecule has 1 amide bonds. The summed E-state index contributed by atoms with van der Waals surface area (Å²) in [7, 11) is 0. The number of fused-ring (bicyclic) bond motifs is 1. The maximum absolute atomic E-state index is 13.0. The predicted molar refractivity (Wildman–Crippen MR) is 75.7 cm³/mol. The minimum absolute atomic E-state index is 0.0498. The topological polar surface area (TPSA) is 49.6 Å². The number of rotatable bonds is 1. The highest BCUT2D eigenvalue weighted by Gasteiger charge is 2.48. The van der Waals surface area contributed by atoms with Crippen molar-refractivity contribution in [1.82, 2.24) is 9.80 Å². The molecule has 1 saturated carbocycles. The fourth-order valence-corrected chi connectivity index (χ4v) is 4.26. The van der Waals surface area contributed by atoms with Crippen molar-refractivity contribution >= 4 is 5.91 Å². The van der Waals surface area contributed by atoms with Crippen LogP contribution in [0.3, 0.4) is 0 Å². The molecule has 4 atom stereocenters. The summed E-state index contributed by atoms with van der Waals surface area (Å²) >= 11 is 0. The Kier molecular flexibility index (Phi) is 3.34. The molecule has 4 heteroatoms. The third-order valence-corrected chi connectivity index (χ3v) is 5.72. The van der Waals surface area contributed by atoms with E-state index in [-0.39, 0.29) is 11.5 Å². The van der Waals surface area contributed by atoms with E-state index in [4.69, 9.17) is 5.73 Å². The Morgan fingerprint density at radius 1 is 1.26 bits per heavy atom. The van der Waals surface area contributed by atoms with Crippen LogP contribution in [0.2, 0.25) is 0 Å². The van der Waals surface area contributed by atoms with E-state index in [1.807, 2.05) is 0 Å². The second-order valence-electron chi connectivity index (χ2n) is 7.01. The minimum atomic E-state index is -0.310. The molecule has 0 aromatic carbocycles. The van der Waals surface area contributed by atoms with Crippen molar-refractivity contribution in [3.05, 3.63) is 0 Å². The van der Waals surface area contributed by atoms with Crippen LogP contribution in [0.25, 0.3) is 0 Å². The molecular weight excluding hydrogens is 238 g/mol. The summed E-state index contributed by atoms with van der Waals surface area (Å²) in [6, 6.07) is 0.988. The number of piperazine rings is 1. The van der Waals surface area contributed by atoms with Crippen molar-refractivity contribution in [2.75, 3.05) is 19.6 Å². The van der Waals surface area contributed by atoms with Crippen LogP contribution in [-0.4, -0.2) is 53.5 Å². The Labute approximate surface area is 116 Å². The van der Waals surface area contributed by atoms with Gasteiger partial charge in [-0.25, -0.2) is 0 Å². The molecule has 3 rings (SSSR count). The number of hydrogen-bond donors (Lipinski definition) is 1. The summed E-state index contributed by atoms with van der Waals surface area (Å²) in [6.45, 7) is 7.45. The summed E-state index contributed by atoms with van der Waals surface area (Å²) in [5.41, 5.74) is 5.90. The van der Waals surface area contributed by atoms with E-state index >= 15 is 0 Å². The molecule has 3 fully saturated rings. The highest BCUT2D eigenvalue weighted by molar-refractivity contribution is 5.84. The second-order valence-corrected chi connectivity index (χ2v) is 7.01. The third-order valence-electron chi connectivity index (χ3n) is 5.72. The molecule has 4 nitrogen and oxygen atoms in total. The van der Waals surface area contributed by atoms with Crippen molar-refractivity contribution in [1.29, 1.82) is 0 Å². The van der Waals surface area contributed by atoms with Crippen LogP contribution >= 0.6 is 0 Å². The monoisotopic (exact) mass is 265 g/mol. The number of nitrogens with two attached hydrogens (primary N) is 1. The zero-order valence-electron chi connectivity index (χ0n) is 12.3. The van der Waals surface area contributed by atoms with Gasteiger partial charge in [-0.05, 0) is 46.1 Å². The fourth-order valence-electron chi connectivity index (χ4n) is 4.26. The molecule has 2 aliphatic heterocycles. The molecule has 0 spiro atoms. The summed E-state index contributed by atoms with van der Waals surface area (Å²) in [5, 5.41) is 0. The Hall–Kier alpha value is -0.610. The lowest BCUT2D eigenvalue weighted by Gasteiger charge is -2.45. The van der Waals surface area contributed by atoms with Gasteiger partial charge in [0.1, 0.15) is 0 Å². The lowest BCUT2D eigenvalue weighted by atomic mass is 9.82. The molecule has 3 aliphatic rings. The van der Waals surface area contributed by atoms with Crippen molar-refractivity contribution in [2.24, 2.45) is 11.1 Å². The Morgan fingerprint density at radius 3 is 2.74 bits per heavy atom. The first-order valence-electron chi connectivity index (χ1n) is 7.83. The van der Waals surface area contributed by atoms with Gasteiger partial charge in [0.2, 0.25) is 5.91 Å². The molecular formula is C15H27N3O. The van der Waals surface area contributed by atoms with Gasteiger partial charge in [0.05, 0.1) is 5.41 Å². The second kappa shape index (κ2) is 4.74. The molecule has 0 radical (unpaired) electrons. The van der Waals surface area contributed by atoms with Crippen LogP contribution < -0.4 is 5.73 Å². The van der Waals surface area contributed by atoms with E-state index in [1.165, 1.54) is 19.4 Å². The van der Waals surface area contributed by atoms with E-state index in [1.54, 1.807) is 0 Å². The standard InChI is InChI=1S/C15H27N3O/c1-11-9-17-8-4-5-12(17)10-18(11)14(19)15(2)7-3-6-13(15)16/h11-13H,3-10,16H2,1-2H3. The molecule has 108 valence electrons. The number of carbonyl (C=O) groups is 1. The van der Waals surface area contributed by atoms with Crippen molar-refractivity contribution in [3.63, 3.8) is 0 Å². The molecule has 2 heterocycles. The number of amides is 1. The number of hydrogen-bond acceptors (Lipinski definition) is 3. The van der Waals surface area contributed by atoms with Crippen molar-refractivity contribution in [3.8, 4) is 0 Å². The van der Waals surface area contributed by atoms with E-state index in [0.717, 1.165) is 32.4 Å². The Balaban J connectivity index is 1.76. The van der Waals surface area contributed by atoms with E-state index in [0.29, 0.717) is 18.0 Å². The normalized spacial score (nSPS) is 43.5.